The second-order valence-electron chi connectivity index (χ2n) is 4.08. The van der Waals surface area contributed by atoms with Crippen LogP contribution in [-0.2, 0) is 4.79 Å². The lowest BCUT2D eigenvalue weighted by Crippen LogP contribution is -2.43. The second-order valence-corrected chi connectivity index (χ2v) is 4.49. The third-order valence-electron chi connectivity index (χ3n) is 2.71. The third kappa shape index (κ3) is 2.96. The number of carbonyl (C=O) groups is 1. The summed E-state index contributed by atoms with van der Waals surface area (Å²) in [6, 6.07) is 6.85. The van der Waals surface area contributed by atoms with Gasteiger partial charge in [0.25, 0.3) is 0 Å². The van der Waals surface area contributed by atoms with E-state index in [1.54, 1.807) is 18.2 Å². The number of nitriles is 1. The van der Waals surface area contributed by atoms with Crippen LogP contribution in [0.4, 0.5) is 5.69 Å². The van der Waals surface area contributed by atoms with Crippen molar-refractivity contribution in [2.24, 2.45) is 5.92 Å². The highest BCUT2D eigenvalue weighted by atomic mass is 35.5. The Bertz CT molecular complexity index is 477. The maximum absolute atomic E-state index is 11.6. The van der Waals surface area contributed by atoms with Crippen molar-refractivity contribution in [2.45, 2.75) is 6.42 Å². The van der Waals surface area contributed by atoms with Gasteiger partial charge in [0.05, 0.1) is 10.6 Å². The molecule has 0 spiro atoms. The van der Waals surface area contributed by atoms with Crippen LogP contribution in [0.3, 0.4) is 0 Å². The molecule has 2 N–H and O–H groups in total. The summed E-state index contributed by atoms with van der Waals surface area (Å²) in [5.41, 5.74) is 1.04. The smallest absolute Gasteiger partial charge is 0.224 e. The lowest BCUT2D eigenvalue weighted by Gasteiger charge is -2.26. The molecule has 4 nitrogen and oxygen atoms in total. The largest absolute Gasteiger partial charge is 0.326 e. The van der Waals surface area contributed by atoms with Gasteiger partial charge in [0.15, 0.2) is 0 Å². The average Bonchev–Trinajstić information content (AvgIpc) is 2.24. The fourth-order valence-electron chi connectivity index (χ4n) is 1.65. The molecular formula is C12H12ClN3O. The van der Waals surface area contributed by atoms with Gasteiger partial charge < -0.3 is 10.6 Å². The molecule has 1 aliphatic rings. The fraction of sp³-hybridized carbons (Fsp3) is 0.333. The van der Waals surface area contributed by atoms with Crippen LogP contribution in [0.25, 0.3) is 0 Å². The molecule has 0 radical (unpaired) electrons. The van der Waals surface area contributed by atoms with Crippen molar-refractivity contribution in [2.75, 3.05) is 18.4 Å². The van der Waals surface area contributed by atoms with Gasteiger partial charge in [0, 0.05) is 12.1 Å². The Hall–Kier alpha value is -1.57. The van der Waals surface area contributed by atoms with E-state index in [0.717, 1.165) is 13.1 Å². The highest BCUT2D eigenvalue weighted by Gasteiger charge is 2.20. The van der Waals surface area contributed by atoms with E-state index in [9.17, 15) is 4.79 Å². The van der Waals surface area contributed by atoms with Crippen LogP contribution in [0.5, 0.6) is 0 Å². The molecule has 0 saturated carbocycles. The molecule has 88 valence electrons. The molecule has 1 aromatic rings. The Morgan fingerprint density at radius 2 is 2.35 bits per heavy atom. The summed E-state index contributed by atoms with van der Waals surface area (Å²) < 4.78 is 0. The summed E-state index contributed by atoms with van der Waals surface area (Å²) in [4.78, 5) is 11.6. The molecule has 1 aromatic carbocycles. The Labute approximate surface area is 105 Å². The Balaban J connectivity index is 1.96. The summed E-state index contributed by atoms with van der Waals surface area (Å²) in [6.45, 7) is 1.81. The molecule has 0 unspecified atom stereocenters. The highest BCUT2D eigenvalue weighted by molar-refractivity contribution is 6.32. The number of carbonyl (C=O) groups excluding carboxylic acids is 1. The number of anilines is 1. The summed E-state index contributed by atoms with van der Waals surface area (Å²) in [6.07, 6.45) is 0.518. The van der Waals surface area contributed by atoms with Crippen LogP contribution < -0.4 is 10.6 Å². The van der Waals surface area contributed by atoms with Gasteiger partial charge in [-0.1, -0.05) is 11.6 Å². The molecule has 0 atom stereocenters. The van der Waals surface area contributed by atoms with Crippen LogP contribution in [0.2, 0.25) is 5.02 Å². The minimum absolute atomic E-state index is 0.0164. The van der Waals surface area contributed by atoms with Crippen molar-refractivity contribution >= 4 is 23.2 Å². The van der Waals surface area contributed by atoms with E-state index in [2.05, 4.69) is 10.6 Å². The van der Waals surface area contributed by atoms with E-state index in [1.807, 2.05) is 6.07 Å². The lowest BCUT2D eigenvalue weighted by molar-refractivity contribution is -0.117. The first-order chi connectivity index (χ1) is 8.19. The highest BCUT2D eigenvalue weighted by Crippen LogP contribution is 2.20. The quantitative estimate of drug-likeness (QED) is 0.858. The molecule has 1 fully saturated rings. The number of halogens is 1. The minimum Gasteiger partial charge on any atom is -0.326 e. The van der Waals surface area contributed by atoms with Gasteiger partial charge in [-0.05, 0) is 37.2 Å². The van der Waals surface area contributed by atoms with Crippen molar-refractivity contribution in [3.8, 4) is 6.07 Å². The van der Waals surface area contributed by atoms with Gasteiger partial charge in [-0.2, -0.15) is 5.26 Å². The molecule has 1 amide bonds. The molecule has 0 aromatic heterocycles. The maximum atomic E-state index is 11.6. The van der Waals surface area contributed by atoms with Crippen LogP contribution in [0, 0.1) is 17.2 Å². The van der Waals surface area contributed by atoms with Gasteiger partial charge in [-0.3, -0.25) is 4.79 Å². The van der Waals surface area contributed by atoms with E-state index in [1.165, 1.54) is 0 Å². The SMILES string of the molecule is N#Cc1ccc(NC(=O)CC2CNC2)cc1Cl. The Morgan fingerprint density at radius 3 is 2.88 bits per heavy atom. The molecule has 1 aliphatic heterocycles. The van der Waals surface area contributed by atoms with E-state index < -0.39 is 0 Å². The minimum atomic E-state index is -0.0164. The van der Waals surface area contributed by atoms with Crippen molar-refractivity contribution in [1.29, 1.82) is 5.26 Å². The van der Waals surface area contributed by atoms with E-state index in [-0.39, 0.29) is 5.91 Å². The van der Waals surface area contributed by atoms with E-state index in [0.29, 0.717) is 28.6 Å². The summed E-state index contributed by atoms with van der Waals surface area (Å²) in [7, 11) is 0. The molecule has 0 aliphatic carbocycles. The average molecular weight is 250 g/mol. The number of nitrogens with zero attached hydrogens (tertiary/aromatic N) is 1. The van der Waals surface area contributed by atoms with Gasteiger partial charge in [0.2, 0.25) is 5.91 Å². The number of rotatable bonds is 3. The van der Waals surface area contributed by atoms with Gasteiger partial charge >= 0.3 is 0 Å². The normalized spacial score (nSPS) is 14.8. The number of hydrogen-bond acceptors (Lipinski definition) is 3. The predicted octanol–water partition coefficient (Wildman–Crippen LogP) is 1.76. The first-order valence-corrected chi connectivity index (χ1v) is 5.77. The summed E-state index contributed by atoms with van der Waals surface area (Å²) >= 11 is 5.87. The molecule has 5 heteroatoms. The van der Waals surface area contributed by atoms with Crippen LogP contribution in [0.1, 0.15) is 12.0 Å². The predicted molar refractivity (Wildman–Crippen MR) is 65.8 cm³/mol. The van der Waals surface area contributed by atoms with Crippen molar-refractivity contribution < 1.29 is 4.79 Å². The van der Waals surface area contributed by atoms with Crippen molar-refractivity contribution in [1.82, 2.24) is 5.32 Å². The number of hydrogen-bond donors (Lipinski definition) is 2. The zero-order chi connectivity index (χ0) is 12.3. The summed E-state index contributed by atoms with van der Waals surface area (Å²) in [5.74, 6) is 0.418. The Morgan fingerprint density at radius 1 is 1.59 bits per heavy atom. The van der Waals surface area contributed by atoms with Crippen LogP contribution in [0.15, 0.2) is 18.2 Å². The van der Waals surface area contributed by atoms with Gasteiger partial charge in [-0.25, -0.2) is 0 Å². The molecule has 1 heterocycles. The van der Waals surface area contributed by atoms with Crippen molar-refractivity contribution in [3.05, 3.63) is 28.8 Å². The molecule has 17 heavy (non-hydrogen) atoms. The maximum Gasteiger partial charge on any atom is 0.224 e. The van der Waals surface area contributed by atoms with E-state index >= 15 is 0 Å². The lowest BCUT2D eigenvalue weighted by atomic mass is 9.99. The van der Waals surface area contributed by atoms with Crippen LogP contribution in [-0.4, -0.2) is 19.0 Å². The fourth-order valence-corrected chi connectivity index (χ4v) is 1.87. The molecular weight excluding hydrogens is 238 g/mol. The van der Waals surface area contributed by atoms with Crippen molar-refractivity contribution in [3.63, 3.8) is 0 Å². The first kappa shape index (κ1) is 11.9. The zero-order valence-corrected chi connectivity index (χ0v) is 9.92. The number of nitrogens with one attached hydrogen (secondary N) is 2. The van der Waals surface area contributed by atoms with Gasteiger partial charge in [-0.15, -0.1) is 0 Å². The first-order valence-electron chi connectivity index (χ1n) is 5.39. The second kappa shape index (κ2) is 5.17. The molecule has 0 bridgehead atoms. The van der Waals surface area contributed by atoms with E-state index in [4.69, 9.17) is 16.9 Å². The number of amides is 1. The zero-order valence-electron chi connectivity index (χ0n) is 9.16. The molecule has 1 saturated heterocycles. The number of benzene rings is 1. The Kier molecular flexibility index (Phi) is 3.62. The summed E-state index contributed by atoms with van der Waals surface area (Å²) in [5, 5.41) is 15.0. The topological polar surface area (TPSA) is 64.9 Å². The van der Waals surface area contributed by atoms with Gasteiger partial charge in [0.1, 0.15) is 6.07 Å². The molecule has 2 rings (SSSR count). The monoisotopic (exact) mass is 249 g/mol. The van der Waals surface area contributed by atoms with Crippen LogP contribution >= 0.6 is 11.6 Å². The standard InChI is InChI=1S/C12H12ClN3O/c13-11-4-10(2-1-9(11)5-14)16-12(17)3-8-6-15-7-8/h1-2,4,8,15H,3,6-7H2,(H,16,17). The third-order valence-corrected chi connectivity index (χ3v) is 3.03.